The van der Waals surface area contributed by atoms with E-state index in [2.05, 4.69) is 19.1 Å². The van der Waals surface area contributed by atoms with Gasteiger partial charge >= 0.3 is 0 Å². The summed E-state index contributed by atoms with van der Waals surface area (Å²) in [4.78, 5) is 26.3. The molecule has 0 saturated carbocycles. The van der Waals surface area contributed by atoms with Crippen LogP contribution in [0.25, 0.3) is 0 Å². The predicted octanol–water partition coefficient (Wildman–Crippen LogP) is 6.27. The van der Waals surface area contributed by atoms with Crippen molar-refractivity contribution >= 4 is 34.8 Å². The fourth-order valence-electron chi connectivity index (χ4n) is 3.92. The van der Waals surface area contributed by atoms with Gasteiger partial charge in [0.05, 0.1) is 26.7 Å². The van der Waals surface area contributed by atoms with E-state index in [0.717, 1.165) is 16.7 Å². The molecule has 5 heteroatoms. The van der Waals surface area contributed by atoms with Crippen LogP contribution in [0.1, 0.15) is 54.1 Å². The minimum Gasteiger partial charge on any atom is -0.488 e. The van der Waals surface area contributed by atoms with Crippen molar-refractivity contribution in [3.05, 3.63) is 97.0 Å². The zero-order chi connectivity index (χ0) is 20.9. The minimum absolute atomic E-state index is 0.135. The summed E-state index contributed by atoms with van der Waals surface area (Å²) in [5.41, 5.74) is 5.28. The van der Waals surface area contributed by atoms with Gasteiger partial charge < -0.3 is 4.74 Å². The SMILES string of the molecule is Cc1cc(C)c(COc2cccc3c2C(=O)c2c(Cl)ccc(Cl)c2C3=O)c(C)c1. The summed E-state index contributed by atoms with van der Waals surface area (Å²) in [6, 6.07) is 12.3. The van der Waals surface area contributed by atoms with E-state index in [-0.39, 0.29) is 43.9 Å². The highest BCUT2D eigenvalue weighted by Gasteiger charge is 2.35. The Kier molecular flexibility index (Phi) is 4.97. The van der Waals surface area contributed by atoms with Gasteiger partial charge in [-0.25, -0.2) is 0 Å². The highest BCUT2D eigenvalue weighted by atomic mass is 35.5. The van der Waals surface area contributed by atoms with Crippen molar-refractivity contribution in [3.8, 4) is 5.75 Å². The highest BCUT2D eigenvalue weighted by molar-refractivity contribution is 6.43. The zero-order valence-corrected chi connectivity index (χ0v) is 17.7. The summed E-state index contributed by atoms with van der Waals surface area (Å²) in [5, 5.41) is 0.416. The van der Waals surface area contributed by atoms with Gasteiger partial charge in [-0.15, -0.1) is 0 Å². The van der Waals surface area contributed by atoms with Crippen molar-refractivity contribution in [2.75, 3.05) is 0 Å². The van der Waals surface area contributed by atoms with Crippen LogP contribution in [0.2, 0.25) is 10.0 Å². The maximum absolute atomic E-state index is 13.3. The first-order valence-electron chi connectivity index (χ1n) is 9.19. The molecule has 0 radical (unpaired) electrons. The van der Waals surface area contributed by atoms with Gasteiger partial charge in [-0.2, -0.15) is 0 Å². The number of carbonyl (C=O) groups excluding carboxylic acids is 2. The molecule has 1 aliphatic carbocycles. The normalized spacial score (nSPS) is 12.6. The first kappa shape index (κ1) is 19.7. The first-order valence-corrected chi connectivity index (χ1v) is 9.95. The molecule has 4 rings (SSSR count). The van der Waals surface area contributed by atoms with Crippen LogP contribution in [0.5, 0.6) is 5.75 Å². The highest BCUT2D eigenvalue weighted by Crippen LogP contribution is 2.39. The summed E-state index contributed by atoms with van der Waals surface area (Å²) in [5.74, 6) is -0.313. The number of fused-ring (bicyclic) bond motifs is 2. The lowest BCUT2D eigenvalue weighted by Gasteiger charge is -2.22. The third-order valence-corrected chi connectivity index (χ3v) is 5.90. The number of halogens is 2. The standard InChI is InChI=1S/C24H18Cl2O3/c1-12-9-13(2)16(14(3)10-12)11-29-19-6-4-5-15-20(19)24(28)22-18(26)8-7-17(25)21(22)23(15)27/h4-10H,11H2,1-3H3. The zero-order valence-electron chi connectivity index (χ0n) is 16.2. The Morgan fingerprint density at radius 3 is 2.00 bits per heavy atom. The largest absolute Gasteiger partial charge is 0.488 e. The average Bonchev–Trinajstić information content (AvgIpc) is 2.66. The molecule has 0 aromatic heterocycles. The summed E-state index contributed by atoms with van der Waals surface area (Å²) in [7, 11) is 0. The lowest BCUT2D eigenvalue weighted by molar-refractivity contribution is 0.0975. The Balaban J connectivity index is 1.78. The van der Waals surface area contributed by atoms with E-state index in [9.17, 15) is 9.59 Å². The second-order valence-corrected chi connectivity index (χ2v) is 8.10. The van der Waals surface area contributed by atoms with E-state index in [0.29, 0.717) is 12.4 Å². The third-order valence-electron chi connectivity index (χ3n) is 5.27. The first-order chi connectivity index (χ1) is 13.8. The lowest BCUT2D eigenvalue weighted by atomic mass is 9.83. The molecule has 0 atom stereocenters. The molecule has 3 nitrogen and oxygen atoms in total. The summed E-state index contributed by atoms with van der Waals surface area (Å²) >= 11 is 12.5. The van der Waals surface area contributed by atoms with Crippen LogP contribution < -0.4 is 4.74 Å². The fourth-order valence-corrected chi connectivity index (χ4v) is 4.40. The number of hydrogen-bond donors (Lipinski definition) is 0. The molecule has 0 bridgehead atoms. The van der Waals surface area contributed by atoms with E-state index in [1.165, 1.54) is 17.7 Å². The van der Waals surface area contributed by atoms with Crippen LogP contribution in [-0.2, 0) is 6.61 Å². The van der Waals surface area contributed by atoms with Crippen LogP contribution in [0.15, 0.2) is 42.5 Å². The molecule has 0 fully saturated rings. The van der Waals surface area contributed by atoms with Crippen LogP contribution in [0.4, 0.5) is 0 Å². The molecule has 3 aromatic rings. The van der Waals surface area contributed by atoms with Gasteiger partial charge in [0.15, 0.2) is 11.6 Å². The van der Waals surface area contributed by atoms with Crippen molar-refractivity contribution in [3.63, 3.8) is 0 Å². The molecular formula is C24H18Cl2O3. The molecule has 1 aliphatic rings. The average molecular weight is 425 g/mol. The van der Waals surface area contributed by atoms with Gasteiger partial charge in [0.1, 0.15) is 12.4 Å². The van der Waals surface area contributed by atoms with Crippen LogP contribution in [0.3, 0.4) is 0 Å². The summed E-state index contributed by atoms with van der Waals surface area (Å²) in [6.45, 7) is 6.42. The molecule has 0 saturated heterocycles. The van der Waals surface area contributed by atoms with E-state index in [1.54, 1.807) is 18.2 Å². The van der Waals surface area contributed by atoms with Crippen LogP contribution in [0, 0.1) is 20.8 Å². The molecule has 0 heterocycles. The number of benzene rings is 3. The molecule has 29 heavy (non-hydrogen) atoms. The fraction of sp³-hybridized carbons (Fsp3) is 0.167. The molecule has 0 amide bonds. The summed E-state index contributed by atoms with van der Waals surface area (Å²) in [6.07, 6.45) is 0. The van der Waals surface area contributed by atoms with E-state index < -0.39 is 0 Å². The van der Waals surface area contributed by atoms with Gasteiger partial charge in [0.25, 0.3) is 0 Å². The Hall–Kier alpha value is -2.62. The van der Waals surface area contributed by atoms with Gasteiger partial charge in [-0.1, -0.05) is 53.0 Å². The van der Waals surface area contributed by atoms with Gasteiger partial charge in [-0.3, -0.25) is 9.59 Å². The number of rotatable bonds is 3. The van der Waals surface area contributed by atoms with Crippen molar-refractivity contribution < 1.29 is 14.3 Å². The third kappa shape index (κ3) is 3.25. The molecule has 3 aromatic carbocycles. The number of hydrogen-bond acceptors (Lipinski definition) is 3. The Labute approximate surface area is 179 Å². The minimum atomic E-state index is -0.352. The second kappa shape index (κ2) is 7.33. The molecule has 0 unspecified atom stereocenters. The second-order valence-electron chi connectivity index (χ2n) is 7.28. The maximum Gasteiger partial charge on any atom is 0.199 e. The van der Waals surface area contributed by atoms with Gasteiger partial charge in [0, 0.05) is 5.56 Å². The molecular weight excluding hydrogens is 407 g/mol. The quantitative estimate of drug-likeness (QED) is 0.388. The molecule has 0 N–H and O–H groups in total. The monoisotopic (exact) mass is 424 g/mol. The van der Waals surface area contributed by atoms with Crippen LogP contribution >= 0.6 is 23.2 Å². The van der Waals surface area contributed by atoms with Gasteiger partial charge in [-0.05, 0) is 55.7 Å². The Morgan fingerprint density at radius 2 is 1.38 bits per heavy atom. The number of aryl methyl sites for hydroxylation is 3. The Bertz CT molecular complexity index is 1170. The van der Waals surface area contributed by atoms with Crippen LogP contribution in [-0.4, -0.2) is 11.6 Å². The van der Waals surface area contributed by atoms with Crippen molar-refractivity contribution in [2.45, 2.75) is 27.4 Å². The number of carbonyl (C=O) groups is 2. The molecule has 0 spiro atoms. The predicted molar refractivity (Wildman–Crippen MR) is 115 cm³/mol. The smallest absolute Gasteiger partial charge is 0.199 e. The molecule has 0 aliphatic heterocycles. The van der Waals surface area contributed by atoms with Crippen molar-refractivity contribution in [2.24, 2.45) is 0 Å². The van der Waals surface area contributed by atoms with Crippen molar-refractivity contribution in [1.82, 2.24) is 0 Å². The topological polar surface area (TPSA) is 43.4 Å². The van der Waals surface area contributed by atoms with E-state index in [1.807, 2.05) is 13.8 Å². The van der Waals surface area contributed by atoms with E-state index in [4.69, 9.17) is 27.9 Å². The number of ether oxygens (including phenoxy) is 1. The van der Waals surface area contributed by atoms with E-state index >= 15 is 0 Å². The maximum atomic E-state index is 13.3. The van der Waals surface area contributed by atoms with Gasteiger partial charge in [0.2, 0.25) is 0 Å². The lowest BCUT2D eigenvalue weighted by Crippen LogP contribution is -2.23. The Morgan fingerprint density at radius 1 is 0.793 bits per heavy atom. The molecule has 146 valence electrons. The number of ketones is 2. The summed E-state index contributed by atoms with van der Waals surface area (Å²) < 4.78 is 6.05. The van der Waals surface area contributed by atoms with Crippen molar-refractivity contribution in [1.29, 1.82) is 0 Å².